The van der Waals surface area contributed by atoms with Gasteiger partial charge in [0.05, 0.1) is 91.6 Å². The molecule has 9 heteroatoms. The van der Waals surface area contributed by atoms with Crippen molar-refractivity contribution in [2.75, 3.05) is 105 Å². The number of rotatable bonds is 33. The van der Waals surface area contributed by atoms with E-state index in [1.54, 1.807) is 0 Å². The highest BCUT2D eigenvalue weighted by atomic mass is 16.6. The third kappa shape index (κ3) is 27.1. The predicted molar refractivity (Wildman–Crippen MR) is 164 cm³/mol. The molecule has 0 aliphatic carbocycles. The van der Waals surface area contributed by atoms with E-state index < -0.39 is 0 Å². The topological polar surface area (TPSA) is 99.9 Å². The van der Waals surface area contributed by atoms with Gasteiger partial charge in [0, 0.05) is 6.61 Å². The van der Waals surface area contributed by atoms with Crippen molar-refractivity contribution in [2.24, 2.45) is 0 Å². The van der Waals surface area contributed by atoms with Crippen molar-refractivity contribution in [3.05, 3.63) is 24.3 Å². The van der Waals surface area contributed by atoms with Crippen LogP contribution >= 0.6 is 0 Å². The van der Waals surface area contributed by atoms with Crippen LogP contribution in [0.15, 0.2) is 24.3 Å². The van der Waals surface area contributed by atoms with Crippen LogP contribution in [0.1, 0.15) is 71.1 Å². The van der Waals surface area contributed by atoms with Crippen LogP contribution in [0.25, 0.3) is 0 Å². The summed E-state index contributed by atoms with van der Waals surface area (Å²) in [5, 5.41) is 0. The third-order valence-corrected chi connectivity index (χ3v) is 6.28. The van der Waals surface area contributed by atoms with Crippen molar-refractivity contribution in [2.45, 2.75) is 71.1 Å². The number of para-hydroxylation sites is 2. The van der Waals surface area contributed by atoms with Crippen LogP contribution in [-0.2, 0) is 33.2 Å². The zero-order valence-electron chi connectivity index (χ0n) is 25.8. The molecule has 0 heterocycles. The van der Waals surface area contributed by atoms with Crippen LogP contribution in [-0.4, -0.2) is 99.1 Å². The Balaban J connectivity index is 1.64. The Hall–Kier alpha value is -1.46. The zero-order valence-corrected chi connectivity index (χ0v) is 25.8. The maximum Gasteiger partial charge on any atom is 0.142 e. The Morgan fingerprint density at radius 1 is 0.415 bits per heavy atom. The summed E-state index contributed by atoms with van der Waals surface area (Å²) in [4.78, 5) is 0. The number of hydrogen-bond donors (Lipinski definition) is 1. The van der Waals surface area contributed by atoms with Gasteiger partial charge < -0.3 is 43.6 Å². The van der Waals surface area contributed by atoms with E-state index in [1.807, 2.05) is 24.3 Å². The van der Waals surface area contributed by atoms with E-state index in [0.717, 1.165) is 13.0 Å². The molecule has 0 unspecified atom stereocenters. The van der Waals surface area contributed by atoms with Crippen molar-refractivity contribution in [3.63, 3.8) is 0 Å². The average Bonchev–Trinajstić information content (AvgIpc) is 2.98. The summed E-state index contributed by atoms with van der Waals surface area (Å²) in [7, 11) is 0. The van der Waals surface area contributed by atoms with Crippen molar-refractivity contribution in [3.8, 4) is 5.75 Å². The molecule has 0 fully saturated rings. The fraction of sp³-hybridized carbons (Fsp3) is 0.812. The van der Waals surface area contributed by atoms with Gasteiger partial charge in [-0.3, -0.25) is 0 Å². The van der Waals surface area contributed by atoms with E-state index in [9.17, 15) is 0 Å². The van der Waals surface area contributed by atoms with E-state index in [1.165, 1.54) is 57.8 Å². The number of hydrogen-bond acceptors (Lipinski definition) is 9. The van der Waals surface area contributed by atoms with Gasteiger partial charge in [0.15, 0.2) is 0 Å². The average molecular weight is 586 g/mol. The van der Waals surface area contributed by atoms with Gasteiger partial charge in [0.2, 0.25) is 0 Å². The van der Waals surface area contributed by atoms with Gasteiger partial charge in [-0.05, 0) is 18.6 Å². The lowest BCUT2D eigenvalue weighted by Gasteiger charge is -2.09. The first-order chi connectivity index (χ1) is 20.3. The van der Waals surface area contributed by atoms with Crippen molar-refractivity contribution in [1.82, 2.24) is 0 Å². The second-order valence-electron chi connectivity index (χ2n) is 9.85. The predicted octanol–water partition coefficient (Wildman–Crippen LogP) is 5.68. The molecule has 1 aromatic carbocycles. The molecule has 0 saturated carbocycles. The molecule has 0 saturated heterocycles. The number of nitrogen functional groups attached to an aromatic ring is 1. The summed E-state index contributed by atoms with van der Waals surface area (Å²) in [6.45, 7) is 10.7. The molecule has 2 N–H and O–H groups in total. The second-order valence-corrected chi connectivity index (χ2v) is 9.85. The first-order valence-electron chi connectivity index (χ1n) is 15.9. The Kier molecular flexibility index (Phi) is 28.8. The van der Waals surface area contributed by atoms with Gasteiger partial charge in [-0.2, -0.15) is 0 Å². The lowest BCUT2D eigenvalue weighted by atomic mass is 10.1. The third-order valence-electron chi connectivity index (χ3n) is 6.28. The summed E-state index contributed by atoms with van der Waals surface area (Å²) >= 11 is 0. The smallest absolute Gasteiger partial charge is 0.142 e. The molecule has 0 atom stereocenters. The number of anilines is 1. The summed E-state index contributed by atoms with van der Waals surface area (Å²) in [5.74, 6) is 0.678. The van der Waals surface area contributed by atoms with E-state index >= 15 is 0 Å². The largest absolute Gasteiger partial charge is 0.489 e. The minimum Gasteiger partial charge on any atom is -0.489 e. The van der Waals surface area contributed by atoms with Gasteiger partial charge >= 0.3 is 0 Å². The molecule has 9 nitrogen and oxygen atoms in total. The lowest BCUT2D eigenvalue weighted by molar-refractivity contribution is -0.0212. The second kappa shape index (κ2) is 31.5. The number of nitrogens with two attached hydrogens (primary N) is 1. The van der Waals surface area contributed by atoms with E-state index in [2.05, 4.69) is 6.92 Å². The molecule has 1 aromatic rings. The molecule has 0 aliphatic rings. The van der Waals surface area contributed by atoms with E-state index in [4.69, 9.17) is 43.6 Å². The monoisotopic (exact) mass is 585 g/mol. The Morgan fingerprint density at radius 2 is 0.756 bits per heavy atom. The van der Waals surface area contributed by atoms with Crippen LogP contribution in [0.2, 0.25) is 0 Å². The summed E-state index contributed by atoms with van der Waals surface area (Å²) in [6.07, 6.45) is 13.4. The molecule has 0 spiro atoms. The molecule has 0 aromatic heterocycles. The Bertz CT molecular complexity index is 652. The maximum atomic E-state index is 5.82. The molecular weight excluding hydrogens is 526 g/mol. The van der Waals surface area contributed by atoms with Gasteiger partial charge in [0.1, 0.15) is 12.4 Å². The van der Waals surface area contributed by atoms with Crippen molar-refractivity contribution in [1.29, 1.82) is 0 Å². The maximum absolute atomic E-state index is 5.82. The molecule has 1 rings (SSSR count). The molecule has 0 bridgehead atoms. The first kappa shape index (κ1) is 37.6. The SMILES string of the molecule is CCCCCCCCCCCCOCCOCCOCCOCCOCCOCCOCCOc1ccccc1N. The molecule has 41 heavy (non-hydrogen) atoms. The summed E-state index contributed by atoms with van der Waals surface area (Å²) < 4.78 is 44.2. The molecule has 0 aliphatic heterocycles. The lowest BCUT2D eigenvalue weighted by Crippen LogP contribution is -2.15. The van der Waals surface area contributed by atoms with Crippen LogP contribution in [0.3, 0.4) is 0 Å². The number of ether oxygens (including phenoxy) is 8. The van der Waals surface area contributed by atoms with Crippen LogP contribution in [0.5, 0.6) is 5.75 Å². The molecular formula is C32H59NO8. The number of benzene rings is 1. The van der Waals surface area contributed by atoms with Crippen molar-refractivity contribution >= 4 is 5.69 Å². The van der Waals surface area contributed by atoms with Gasteiger partial charge in [-0.25, -0.2) is 0 Å². The van der Waals surface area contributed by atoms with Crippen molar-refractivity contribution < 1.29 is 37.9 Å². The van der Waals surface area contributed by atoms with Crippen LogP contribution in [0.4, 0.5) is 5.69 Å². The summed E-state index contributed by atoms with van der Waals surface area (Å²) in [5.41, 5.74) is 6.45. The molecule has 0 amide bonds. The van der Waals surface area contributed by atoms with Gasteiger partial charge in [-0.1, -0.05) is 76.8 Å². The molecule has 0 radical (unpaired) electrons. The fourth-order valence-corrected chi connectivity index (χ4v) is 3.94. The quantitative estimate of drug-likeness (QED) is 0.0824. The first-order valence-corrected chi connectivity index (χ1v) is 15.9. The van der Waals surface area contributed by atoms with Gasteiger partial charge in [-0.15, -0.1) is 0 Å². The Labute approximate surface area is 249 Å². The highest BCUT2D eigenvalue weighted by Gasteiger charge is 1.99. The van der Waals surface area contributed by atoms with Crippen LogP contribution in [0, 0.1) is 0 Å². The minimum atomic E-state index is 0.450. The molecule has 240 valence electrons. The normalized spacial score (nSPS) is 11.3. The zero-order chi connectivity index (χ0) is 29.3. The Morgan fingerprint density at radius 3 is 1.17 bits per heavy atom. The van der Waals surface area contributed by atoms with Crippen LogP contribution < -0.4 is 10.5 Å². The fourth-order valence-electron chi connectivity index (χ4n) is 3.94. The minimum absolute atomic E-state index is 0.450. The highest BCUT2D eigenvalue weighted by molar-refractivity contribution is 5.51. The highest BCUT2D eigenvalue weighted by Crippen LogP contribution is 2.19. The number of unbranched alkanes of at least 4 members (excludes halogenated alkanes) is 9. The standard InChI is InChI=1S/C32H59NO8/c1-2-3-4-5-6-7-8-9-10-13-16-34-17-18-35-19-20-36-21-22-37-23-24-38-25-26-39-27-28-40-29-30-41-32-15-12-11-14-31(32)33/h11-12,14-15H,2-10,13,16-30,33H2,1H3. The summed E-state index contributed by atoms with van der Waals surface area (Å²) in [6, 6.07) is 7.41. The van der Waals surface area contributed by atoms with E-state index in [-0.39, 0.29) is 0 Å². The van der Waals surface area contributed by atoms with Gasteiger partial charge in [0.25, 0.3) is 0 Å². The van der Waals surface area contributed by atoms with E-state index in [0.29, 0.717) is 104 Å².